The summed E-state index contributed by atoms with van der Waals surface area (Å²) in [5.41, 5.74) is 9.36. The Balaban J connectivity index is 0.00000153. The molecular weight excluding hydrogens is 626 g/mol. The third kappa shape index (κ3) is 3.92. The first kappa shape index (κ1) is 26.4. The van der Waals surface area contributed by atoms with E-state index in [4.69, 9.17) is 0 Å². The van der Waals surface area contributed by atoms with Gasteiger partial charge < -0.3 is 0 Å². The molecular formula is C29H34Cl2HfSi. The van der Waals surface area contributed by atoms with Crippen molar-refractivity contribution in [3.05, 3.63) is 112 Å². The van der Waals surface area contributed by atoms with Crippen LogP contribution in [0.2, 0.25) is 4.68 Å². The predicted octanol–water partition coefficient (Wildman–Crippen LogP) is 7.54. The van der Waals surface area contributed by atoms with Gasteiger partial charge in [-0.3, -0.25) is 0 Å². The minimum Gasteiger partial charge on any atom is -0.147 e. The first-order valence-corrected chi connectivity index (χ1v) is 29.5. The van der Waals surface area contributed by atoms with E-state index in [1.54, 1.807) is 25.6 Å². The van der Waals surface area contributed by atoms with Gasteiger partial charge in [-0.05, 0) is 0 Å². The van der Waals surface area contributed by atoms with Gasteiger partial charge in [0.2, 0.25) is 0 Å². The van der Waals surface area contributed by atoms with Crippen LogP contribution in [0.4, 0.5) is 0 Å². The Morgan fingerprint density at radius 1 is 0.636 bits per heavy atom. The second kappa shape index (κ2) is 9.82. The number of fused-ring (bicyclic) bond motifs is 2. The maximum atomic E-state index is 2.78. The zero-order chi connectivity index (χ0) is 21.7. The Kier molecular flexibility index (Phi) is 7.86. The van der Waals surface area contributed by atoms with Gasteiger partial charge in [0, 0.05) is 0 Å². The van der Waals surface area contributed by atoms with Crippen molar-refractivity contribution in [1.82, 2.24) is 0 Å². The average molecular weight is 660 g/mol. The second-order valence-corrected chi connectivity index (χ2v) is 47.4. The Morgan fingerprint density at radius 3 is 1.45 bits per heavy atom. The topological polar surface area (TPSA) is 0 Å². The molecule has 2 aliphatic carbocycles. The average Bonchev–Trinajstić information content (AvgIpc) is 3.39. The minimum atomic E-state index is -3.94. The van der Waals surface area contributed by atoms with Crippen LogP contribution >= 0.6 is 24.8 Å². The molecule has 2 atom stereocenters. The quantitative estimate of drug-likeness (QED) is 0.249. The van der Waals surface area contributed by atoms with Gasteiger partial charge in [-0.25, -0.2) is 0 Å². The molecule has 0 aliphatic heterocycles. The fraction of sp³-hybridized carbons (Fsp3) is 0.241. The summed E-state index contributed by atoms with van der Waals surface area (Å²) in [6.45, 7) is 7.18. The van der Waals surface area contributed by atoms with Crippen molar-refractivity contribution >= 4 is 47.2 Å². The largest absolute Gasteiger partial charge is 0.147 e. The smallest absolute Gasteiger partial charge is 0.147 e. The third-order valence-corrected chi connectivity index (χ3v) is 41.7. The Hall–Kier alpha value is -1.19. The Labute approximate surface area is 213 Å². The normalized spacial score (nSPS) is 18.9. The minimum absolute atomic E-state index is 0. The molecule has 33 heavy (non-hydrogen) atoms. The van der Waals surface area contributed by atoms with E-state index < -0.39 is 17.1 Å². The number of benzene rings is 3. The van der Waals surface area contributed by atoms with Gasteiger partial charge in [-0.2, -0.15) is 0 Å². The van der Waals surface area contributed by atoms with Crippen LogP contribution in [-0.2, 0) is 17.1 Å². The molecule has 0 aromatic heterocycles. The molecule has 0 saturated heterocycles. The molecule has 0 saturated carbocycles. The maximum absolute atomic E-state index is 3.94. The summed E-state index contributed by atoms with van der Waals surface area (Å²) in [4.78, 5) is 0. The van der Waals surface area contributed by atoms with E-state index >= 15 is 0 Å². The zero-order valence-electron chi connectivity index (χ0n) is 19.8. The van der Waals surface area contributed by atoms with E-state index in [1.807, 2.05) is 0 Å². The molecule has 0 N–H and O–H groups in total. The Bertz CT molecular complexity index is 1220. The van der Waals surface area contributed by atoms with Gasteiger partial charge in [-0.1, -0.05) is 0 Å². The van der Waals surface area contributed by atoms with E-state index in [-0.39, 0.29) is 24.8 Å². The van der Waals surface area contributed by atoms with Gasteiger partial charge in [-0.15, -0.1) is 24.8 Å². The van der Waals surface area contributed by atoms with E-state index in [0.29, 0.717) is 7.35 Å². The van der Waals surface area contributed by atoms with Crippen molar-refractivity contribution in [2.45, 2.75) is 38.7 Å². The molecule has 3 aromatic rings. The molecule has 2 unspecified atom stereocenters. The first-order chi connectivity index (χ1) is 15.0. The van der Waals surface area contributed by atoms with Gasteiger partial charge in [0.15, 0.2) is 0 Å². The molecule has 0 spiro atoms. The van der Waals surface area contributed by atoms with Crippen LogP contribution in [0.1, 0.15) is 56.3 Å². The van der Waals surface area contributed by atoms with Crippen molar-refractivity contribution in [2.75, 3.05) is 0 Å². The van der Waals surface area contributed by atoms with Crippen molar-refractivity contribution in [3.63, 3.8) is 0 Å². The molecule has 0 bridgehead atoms. The van der Waals surface area contributed by atoms with E-state index in [2.05, 4.69) is 116 Å². The summed E-state index contributed by atoms with van der Waals surface area (Å²) < 4.78 is 5.55. The number of allylic oxidation sites excluding steroid dienone is 2. The predicted molar refractivity (Wildman–Crippen MR) is 150 cm³/mol. The molecule has 0 fully saturated rings. The fourth-order valence-electron chi connectivity index (χ4n) is 6.70. The SMILES string of the molecule is CCC1=Cc2ccccc2[CH]1[Hf]([CH3])(=[SiH2])([c]1ccccc1)[CH]1C(CC)=Cc2ccccc21.Cl.Cl. The molecule has 0 amide bonds. The van der Waals surface area contributed by atoms with E-state index in [9.17, 15) is 0 Å². The molecule has 2 aliphatic rings. The van der Waals surface area contributed by atoms with E-state index in [0.717, 1.165) is 12.8 Å². The molecule has 4 heteroatoms. The Morgan fingerprint density at radius 2 is 1.03 bits per heavy atom. The summed E-state index contributed by atoms with van der Waals surface area (Å²) >= 11 is -3.94. The van der Waals surface area contributed by atoms with E-state index in [1.165, 1.54) is 11.1 Å². The van der Waals surface area contributed by atoms with Gasteiger partial charge in [0.1, 0.15) is 0 Å². The summed E-state index contributed by atoms with van der Waals surface area (Å²) in [6, 6.07) is 30.1. The number of hydrogen-bond donors (Lipinski definition) is 0. The zero-order valence-corrected chi connectivity index (χ0v) is 26.4. The van der Waals surface area contributed by atoms with Crippen molar-refractivity contribution in [2.24, 2.45) is 0 Å². The van der Waals surface area contributed by atoms with Crippen LogP contribution in [-0.4, -0.2) is 6.94 Å². The van der Waals surface area contributed by atoms with Crippen LogP contribution in [0, 0.1) is 0 Å². The number of hydrogen-bond acceptors (Lipinski definition) is 0. The van der Waals surface area contributed by atoms with Crippen LogP contribution in [0.25, 0.3) is 12.2 Å². The van der Waals surface area contributed by atoms with Gasteiger partial charge >= 0.3 is 191 Å². The van der Waals surface area contributed by atoms with Crippen molar-refractivity contribution < 1.29 is 17.1 Å². The molecule has 0 heterocycles. The number of rotatable bonds is 5. The molecule has 0 nitrogen and oxygen atoms in total. The molecule has 5 rings (SSSR count). The van der Waals surface area contributed by atoms with Crippen LogP contribution in [0.15, 0.2) is 90.0 Å². The monoisotopic (exact) mass is 660 g/mol. The molecule has 3 aromatic carbocycles. The summed E-state index contributed by atoms with van der Waals surface area (Å²) in [7, 11) is 0. The summed E-state index contributed by atoms with van der Waals surface area (Å²) in [6.07, 6.45) is 7.30. The van der Waals surface area contributed by atoms with Crippen molar-refractivity contribution in [1.29, 1.82) is 0 Å². The third-order valence-electron chi connectivity index (χ3n) is 8.06. The summed E-state index contributed by atoms with van der Waals surface area (Å²) in [5, 5.41) is 0. The van der Waals surface area contributed by atoms with Crippen LogP contribution in [0.5, 0.6) is 0 Å². The molecule has 172 valence electrons. The van der Waals surface area contributed by atoms with Gasteiger partial charge in [0.25, 0.3) is 0 Å². The fourth-order valence-corrected chi connectivity index (χ4v) is 41.8. The van der Waals surface area contributed by atoms with Crippen LogP contribution < -0.4 is 3.32 Å². The molecule has 0 radical (unpaired) electrons. The van der Waals surface area contributed by atoms with Crippen LogP contribution in [0.3, 0.4) is 0 Å². The number of halogens is 2. The van der Waals surface area contributed by atoms with Crippen molar-refractivity contribution in [3.8, 4) is 0 Å². The summed E-state index contributed by atoms with van der Waals surface area (Å²) in [5.74, 6) is 0. The second-order valence-electron chi connectivity index (χ2n) is 9.86. The maximum Gasteiger partial charge on any atom is -0.147 e. The van der Waals surface area contributed by atoms with Gasteiger partial charge in [0.05, 0.1) is 0 Å². The first-order valence-electron chi connectivity index (χ1n) is 11.7. The standard InChI is InChI=1S/2C11H11.C6H5.CH3.2ClH.Hf.H2Si/c2*1-2-9-7-10-5-3-4-6-11(10)8-9;1-2-4-6-5-3-1;;;;;/h2*3-8H,2H2,1H3;1-5H;1H3;2*1H;;1H2.